The number of rotatable bonds is 5. The summed E-state index contributed by atoms with van der Waals surface area (Å²) in [6.07, 6.45) is 2.62. The fourth-order valence-electron chi connectivity index (χ4n) is 2.34. The van der Waals surface area contributed by atoms with Crippen LogP contribution in [0.2, 0.25) is 0 Å². The molecule has 3 rings (SSSR count). The van der Waals surface area contributed by atoms with Crippen LogP contribution in [0.15, 0.2) is 67.0 Å². The third kappa shape index (κ3) is 3.27. The van der Waals surface area contributed by atoms with Crippen molar-refractivity contribution in [3.63, 3.8) is 0 Å². The van der Waals surface area contributed by atoms with E-state index in [0.29, 0.717) is 5.69 Å². The second kappa shape index (κ2) is 6.85. The number of carbonyl (C=O) groups excluding carboxylic acids is 1. The number of nitrogens with zero attached hydrogens (tertiary/aromatic N) is 3. The average molecular weight is 308 g/mol. The first kappa shape index (κ1) is 14.9. The number of hydrogen-bond donors (Lipinski definition) is 1. The van der Waals surface area contributed by atoms with Crippen LogP contribution in [0.5, 0.6) is 0 Å². The Morgan fingerprint density at radius 3 is 2.57 bits per heavy atom. The highest BCUT2D eigenvalue weighted by atomic mass is 16.5. The topological polar surface area (TPSA) is 69.0 Å². The maximum atomic E-state index is 12.6. The van der Waals surface area contributed by atoms with E-state index in [4.69, 9.17) is 4.74 Å². The Morgan fingerprint density at radius 1 is 1.13 bits per heavy atom. The molecule has 0 bridgehead atoms. The quantitative estimate of drug-likeness (QED) is 0.786. The van der Waals surface area contributed by atoms with Crippen LogP contribution in [0.1, 0.15) is 11.7 Å². The van der Waals surface area contributed by atoms with E-state index in [2.05, 4.69) is 15.6 Å². The van der Waals surface area contributed by atoms with Crippen molar-refractivity contribution in [3.8, 4) is 5.69 Å². The third-order valence-electron chi connectivity index (χ3n) is 3.41. The van der Waals surface area contributed by atoms with Crippen LogP contribution in [0.4, 0.5) is 5.69 Å². The van der Waals surface area contributed by atoms with Gasteiger partial charge in [0.25, 0.3) is 5.91 Å². The Morgan fingerprint density at radius 2 is 1.87 bits per heavy atom. The molecule has 1 amide bonds. The normalized spacial score (nSPS) is 11.9. The van der Waals surface area contributed by atoms with Gasteiger partial charge in [0.2, 0.25) is 0 Å². The highest BCUT2D eigenvalue weighted by Crippen LogP contribution is 2.23. The Bertz CT molecular complexity index is 772. The van der Waals surface area contributed by atoms with Gasteiger partial charge in [-0.25, -0.2) is 4.68 Å². The molecule has 0 aliphatic rings. The number of amides is 1. The number of benzene rings is 2. The Hall–Kier alpha value is -2.99. The van der Waals surface area contributed by atoms with Gasteiger partial charge in [-0.1, -0.05) is 47.7 Å². The summed E-state index contributed by atoms with van der Waals surface area (Å²) >= 11 is 0. The lowest BCUT2D eigenvalue weighted by atomic mass is 10.1. The van der Waals surface area contributed by atoms with E-state index in [-0.39, 0.29) is 5.91 Å². The van der Waals surface area contributed by atoms with Gasteiger partial charge in [0.1, 0.15) is 0 Å². The van der Waals surface area contributed by atoms with Gasteiger partial charge in [0, 0.05) is 7.11 Å². The second-order valence-electron chi connectivity index (χ2n) is 4.88. The van der Waals surface area contributed by atoms with Crippen LogP contribution in [0.3, 0.4) is 0 Å². The second-order valence-corrected chi connectivity index (χ2v) is 4.88. The number of ether oxygens (including phenoxy) is 1. The molecule has 1 heterocycles. The fourth-order valence-corrected chi connectivity index (χ4v) is 2.34. The maximum absolute atomic E-state index is 12.6. The Kier molecular flexibility index (Phi) is 4.44. The standard InChI is InChI=1S/C17H16N4O2/c1-23-16(13-7-3-2-4-8-13)17(22)19-14-9-5-6-10-15(14)21-12-11-18-20-21/h2-12,16H,1H3,(H,19,22)/t16-/m1/s1. The molecule has 1 N–H and O–H groups in total. The monoisotopic (exact) mass is 308 g/mol. The summed E-state index contributed by atoms with van der Waals surface area (Å²) in [5, 5.41) is 10.7. The molecule has 1 aromatic heterocycles. The summed E-state index contributed by atoms with van der Waals surface area (Å²) in [6, 6.07) is 16.7. The zero-order valence-corrected chi connectivity index (χ0v) is 12.6. The predicted octanol–water partition coefficient (Wildman–Crippen LogP) is 2.59. The number of anilines is 1. The van der Waals surface area contributed by atoms with Crippen LogP contribution in [-0.4, -0.2) is 28.0 Å². The van der Waals surface area contributed by atoms with E-state index in [9.17, 15) is 4.79 Å². The minimum atomic E-state index is -0.681. The molecule has 0 saturated heterocycles. The van der Waals surface area contributed by atoms with Crippen molar-refractivity contribution in [1.29, 1.82) is 0 Å². The summed E-state index contributed by atoms with van der Waals surface area (Å²) in [4.78, 5) is 12.6. The van der Waals surface area contributed by atoms with Crippen molar-refractivity contribution >= 4 is 11.6 Å². The van der Waals surface area contributed by atoms with Crippen molar-refractivity contribution in [2.75, 3.05) is 12.4 Å². The van der Waals surface area contributed by atoms with E-state index >= 15 is 0 Å². The lowest BCUT2D eigenvalue weighted by Crippen LogP contribution is -2.23. The predicted molar refractivity (Wildman–Crippen MR) is 86.2 cm³/mol. The fraction of sp³-hybridized carbons (Fsp3) is 0.118. The lowest BCUT2D eigenvalue weighted by molar-refractivity contribution is -0.126. The number of carbonyl (C=O) groups is 1. The molecule has 0 aliphatic carbocycles. The SMILES string of the molecule is CO[C@@H](C(=O)Nc1ccccc1-n1ccnn1)c1ccccc1. The highest BCUT2D eigenvalue weighted by molar-refractivity contribution is 5.96. The molecular weight excluding hydrogens is 292 g/mol. The summed E-state index contributed by atoms with van der Waals surface area (Å²) < 4.78 is 6.95. The minimum Gasteiger partial charge on any atom is -0.367 e. The van der Waals surface area contributed by atoms with E-state index < -0.39 is 6.10 Å². The van der Waals surface area contributed by atoms with Crippen molar-refractivity contribution in [1.82, 2.24) is 15.0 Å². The molecule has 6 nitrogen and oxygen atoms in total. The number of hydrogen-bond acceptors (Lipinski definition) is 4. The molecule has 0 saturated carbocycles. The van der Waals surface area contributed by atoms with Gasteiger partial charge in [-0.2, -0.15) is 0 Å². The molecule has 0 spiro atoms. The number of methoxy groups -OCH3 is 1. The van der Waals surface area contributed by atoms with Crippen LogP contribution < -0.4 is 5.32 Å². The van der Waals surface area contributed by atoms with Gasteiger partial charge in [-0.3, -0.25) is 4.79 Å². The number of nitrogens with one attached hydrogen (secondary N) is 1. The van der Waals surface area contributed by atoms with Crippen molar-refractivity contribution in [3.05, 3.63) is 72.6 Å². The molecule has 3 aromatic rings. The molecule has 23 heavy (non-hydrogen) atoms. The summed E-state index contributed by atoms with van der Waals surface area (Å²) in [5.74, 6) is -0.244. The Balaban J connectivity index is 1.86. The first-order chi connectivity index (χ1) is 11.3. The maximum Gasteiger partial charge on any atom is 0.258 e. The molecule has 0 unspecified atom stereocenters. The van der Waals surface area contributed by atoms with Gasteiger partial charge in [0.05, 0.1) is 23.8 Å². The first-order valence-corrected chi connectivity index (χ1v) is 7.14. The number of para-hydroxylation sites is 2. The van der Waals surface area contributed by atoms with Crippen molar-refractivity contribution in [2.24, 2.45) is 0 Å². The minimum absolute atomic E-state index is 0.244. The van der Waals surface area contributed by atoms with E-state index in [1.807, 2.05) is 54.6 Å². The molecule has 0 radical (unpaired) electrons. The third-order valence-corrected chi connectivity index (χ3v) is 3.41. The Labute approximate surface area is 133 Å². The van der Waals surface area contributed by atoms with Gasteiger partial charge in [-0.15, -0.1) is 5.10 Å². The van der Waals surface area contributed by atoms with Crippen LogP contribution in [0.25, 0.3) is 5.69 Å². The zero-order valence-electron chi connectivity index (χ0n) is 12.6. The first-order valence-electron chi connectivity index (χ1n) is 7.14. The van der Waals surface area contributed by atoms with Crippen molar-refractivity contribution < 1.29 is 9.53 Å². The van der Waals surface area contributed by atoms with Crippen LogP contribution in [0, 0.1) is 0 Å². The molecular formula is C17H16N4O2. The zero-order chi connectivity index (χ0) is 16.1. The molecule has 2 aromatic carbocycles. The van der Waals surface area contributed by atoms with Crippen LogP contribution in [-0.2, 0) is 9.53 Å². The smallest absolute Gasteiger partial charge is 0.258 e. The van der Waals surface area contributed by atoms with E-state index in [0.717, 1.165) is 11.3 Å². The van der Waals surface area contributed by atoms with Gasteiger partial charge in [0.15, 0.2) is 6.10 Å². The summed E-state index contributed by atoms with van der Waals surface area (Å²) in [7, 11) is 1.51. The van der Waals surface area contributed by atoms with Gasteiger partial charge in [-0.05, 0) is 17.7 Å². The van der Waals surface area contributed by atoms with Gasteiger partial charge < -0.3 is 10.1 Å². The summed E-state index contributed by atoms with van der Waals surface area (Å²) in [6.45, 7) is 0. The lowest BCUT2D eigenvalue weighted by Gasteiger charge is -2.17. The summed E-state index contributed by atoms with van der Waals surface area (Å²) in [5.41, 5.74) is 2.17. The van der Waals surface area contributed by atoms with Crippen molar-refractivity contribution in [2.45, 2.75) is 6.10 Å². The molecule has 6 heteroatoms. The molecule has 116 valence electrons. The van der Waals surface area contributed by atoms with Gasteiger partial charge >= 0.3 is 0 Å². The van der Waals surface area contributed by atoms with Crippen LogP contribution >= 0.6 is 0 Å². The molecule has 0 aliphatic heterocycles. The average Bonchev–Trinajstić information content (AvgIpc) is 3.11. The highest BCUT2D eigenvalue weighted by Gasteiger charge is 2.21. The van der Waals surface area contributed by atoms with E-state index in [1.165, 1.54) is 7.11 Å². The molecule has 0 fully saturated rings. The largest absolute Gasteiger partial charge is 0.367 e. The molecule has 1 atom stereocenters. The van der Waals surface area contributed by atoms with E-state index in [1.54, 1.807) is 17.1 Å². The number of aromatic nitrogens is 3.